The van der Waals surface area contributed by atoms with E-state index >= 15 is 0 Å². The zero-order chi connectivity index (χ0) is 10.6. The molecule has 76 valence electrons. The molecule has 1 atom stereocenters. The highest BCUT2D eigenvalue weighted by Crippen LogP contribution is 2.27. The standard InChI is InChI=1S/C11H13FO2/c1-8(6-7-13)9-4-3-5-10(14-2)11(9)12/h3-5,7-8H,6H2,1-2H3. The van der Waals surface area contributed by atoms with Crippen LogP contribution in [0.3, 0.4) is 0 Å². The Morgan fingerprint density at radius 3 is 2.86 bits per heavy atom. The monoisotopic (exact) mass is 196 g/mol. The first-order valence-electron chi connectivity index (χ1n) is 4.46. The van der Waals surface area contributed by atoms with E-state index in [1.807, 2.05) is 6.92 Å². The Labute approximate surface area is 82.7 Å². The number of aldehydes is 1. The summed E-state index contributed by atoms with van der Waals surface area (Å²) < 4.78 is 18.5. The largest absolute Gasteiger partial charge is 0.494 e. The fourth-order valence-corrected chi connectivity index (χ4v) is 1.34. The molecule has 1 aromatic rings. The van der Waals surface area contributed by atoms with Crippen molar-refractivity contribution in [1.82, 2.24) is 0 Å². The van der Waals surface area contributed by atoms with Gasteiger partial charge in [-0.3, -0.25) is 0 Å². The van der Waals surface area contributed by atoms with Gasteiger partial charge in [0.2, 0.25) is 0 Å². The van der Waals surface area contributed by atoms with E-state index in [9.17, 15) is 9.18 Å². The van der Waals surface area contributed by atoms with Crippen LogP contribution in [0.2, 0.25) is 0 Å². The van der Waals surface area contributed by atoms with Gasteiger partial charge in [0, 0.05) is 6.42 Å². The lowest BCUT2D eigenvalue weighted by molar-refractivity contribution is -0.108. The van der Waals surface area contributed by atoms with Gasteiger partial charge in [-0.05, 0) is 17.5 Å². The van der Waals surface area contributed by atoms with Gasteiger partial charge in [-0.15, -0.1) is 0 Å². The highest BCUT2D eigenvalue weighted by molar-refractivity contribution is 5.52. The average Bonchev–Trinajstić information content (AvgIpc) is 2.18. The number of methoxy groups -OCH3 is 1. The minimum absolute atomic E-state index is 0.109. The van der Waals surface area contributed by atoms with Crippen LogP contribution >= 0.6 is 0 Å². The highest BCUT2D eigenvalue weighted by Gasteiger charge is 2.13. The average molecular weight is 196 g/mol. The van der Waals surface area contributed by atoms with E-state index in [0.717, 1.165) is 6.29 Å². The van der Waals surface area contributed by atoms with Crippen molar-refractivity contribution in [3.8, 4) is 5.75 Å². The van der Waals surface area contributed by atoms with Crippen molar-refractivity contribution in [2.24, 2.45) is 0 Å². The van der Waals surface area contributed by atoms with Crippen molar-refractivity contribution >= 4 is 6.29 Å². The highest BCUT2D eigenvalue weighted by atomic mass is 19.1. The molecule has 0 aromatic heterocycles. The van der Waals surface area contributed by atoms with Crippen LogP contribution in [0.25, 0.3) is 0 Å². The molecule has 0 saturated heterocycles. The van der Waals surface area contributed by atoms with Gasteiger partial charge in [-0.2, -0.15) is 0 Å². The summed E-state index contributed by atoms with van der Waals surface area (Å²) in [5.74, 6) is -0.257. The molecular weight excluding hydrogens is 183 g/mol. The molecule has 0 spiro atoms. The number of halogens is 1. The van der Waals surface area contributed by atoms with E-state index in [-0.39, 0.29) is 17.5 Å². The summed E-state index contributed by atoms with van der Waals surface area (Å²) in [6, 6.07) is 4.96. The molecule has 14 heavy (non-hydrogen) atoms. The first-order valence-corrected chi connectivity index (χ1v) is 4.46. The second kappa shape index (κ2) is 4.74. The van der Waals surface area contributed by atoms with Crippen LogP contribution in [0.5, 0.6) is 5.75 Å². The van der Waals surface area contributed by atoms with Crippen molar-refractivity contribution in [2.75, 3.05) is 7.11 Å². The predicted molar refractivity (Wildman–Crippen MR) is 52.0 cm³/mol. The molecule has 0 aliphatic carbocycles. The second-order valence-corrected chi connectivity index (χ2v) is 3.17. The minimum atomic E-state index is -0.371. The van der Waals surface area contributed by atoms with Gasteiger partial charge in [-0.1, -0.05) is 19.1 Å². The van der Waals surface area contributed by atoms with Gasteiger partial charge < -0.3 is 9.53 Å². The third-order valence-corrected chi connectivity index (χ3v) is 2.19. The first-order chi connectivity index (χ1) is 6.70. The lowest BCUT2D eigenvalue weighted by Gasteiger charge is -2.11. The summed E-state index contributed by atoms with van der Waals surface area (Å²) in [6.07, 6.45) is 1.12. The zero-order valence-electron chi connectivity index (χ0n) is 8.29. The van der Waals surface area contributed by atoms with Crippen LogP contribution < -0.4 is 4.74 Å². The second-order valence-electron chi connectivity index (χ2n) is 3.17. The quantitative estimate of drug-likeness (QED) is 0.692. The van der Waals surface area contributed by atoms with Crippen molar-refractivity contribution < 1.29 is 13.9 Å². The van der Waals surface area contributed by atoms with Gasteiger partial charge in [0.1, 0.15) is 6.29 Å². The number of rotatable bonds is 4. The number of carbonyl (C=O) groups excluding carboxylic acids is 1. The Hall–Kier alpha value is -1.38. The Balaban J connectivity index is 3.02. The zero-order valence-corrected chi connectivity index (χ0v) is 8.29. The fourth-order valence-electron chi connectivity index (χ4n) is 1.34. The minimum Gasteiger partial charge on any atom is -0.494 e. The third-order valence-electron chi connectivity index (χ3n) is 2.19. The maximum Gasteiger partial charge on any atom is 0.168 e. The SMILES string of the molecule is COc1cccc(C(C)CC=O)c1F. The number of hydrogen-bond donors (Lipinski definition) is 0. The number of ether oxygens (including phenoxy) is 1. The summed E-state index contributed by atoms with van der Waals surface area (Å²) in [4.78, 5) is 10.3. The summed E-state index contributed by atoms with van der Waals surface area (Å²) in [7, 11) is 1.42. The molecule has 0 N–H and O–H groups in total. The Morgan fingerprint density at radius 1 is 1.57 bits per heavy atom. The van der Waals surface area contributed by atoms with Gasteiger partial charge in [-0.25, -0.2) is 4.39 Å². The van der Waals surface area contributed by atoms with Crippen LogP contribution in [0, 0.1) is 5.82 Å². The Kier molecular flexibility index (Phi) is 3.63. The molecule has 0 bridgehead atoms. The van der Waals surface area contributed by atoms with Crippen LogP contribution in [0.15, 0.2) is 18.2 Å². The van der Waals surface area contributed by atoms with Gasteiger partial charge in [0.05, 0.1) is 7.11 Å². The van der Waals surface area contributed by atoms with E-state index in [1.165, 1.54) is 7.11 Å². The Morgan fingerprint density at radius 2 is 2.29 bits per heavy atom. The first kappa shape index (κ1) is 10.7. The van der Waals surface area contributed by atoms with E-state index in [0.29, 0.717) is 12.0 Å². The number of carbonyl (C=O) groups is 1. The molecule has 3 heteroatoms. The molecule has 1 aromatic carbocycles. The maximum absolute atomic E-state index is 13.6. The van der Waals surface area contributed by atoms with Crippen molar-refractivity contribution in [3.05, 3.63) is 29.6 Å². The summed E-state index contributed by atoms with van der Waals surface area (Å²) in [5.41, 5.74) is 0.524. The molecule has 0 heterocycles. The fraction of sp³-hybridized carbons (Fsp3) is 0.364. The van der Waals surface area contributed by atoms with Gasteiger partial charge >= 0.3 is 0 Å². The molecule has 0 amide bonds. The van der Waals surface area contributed by atoms with Gasteiger partial charge in [0.15, 0.2) is 11.6 Å². The number of benzene rings is 1. The van der Waals surface area contributed by atoms with Crippen LogP contribution in [0.1, 0.15) is 24.8 Å². The van der Waals surface area contributed by atoms with Crippen LogP contribution in [-0.2, 0) is 4.79 Å². The summed E-state index contributed by atoms with van der Waals surface area (Å²) in [5, 5.41) is 0. The number of hydrogen-bond acceptors (Lipinski definition) is 2. The molecule has 0 saturated carbocycles. The smallest absolute Gasteiger partial charge is 0.168 e. The van der Waals surface area contributed by atoms with E-state index in [2.05, 4.69) is 0 Å². The predicted octanol–water partition coefficient (Wildman–Crippen LogP) is 2.53. The molecular formula is C11H13FO2. The lowest BCUT2D eigenvalue weighted by atomic mass is 9.98. The molecule has 0 fully saturated rings. The van der Waals surface area contributed by atoms with Crippen LogP contribution in [-0.4, -0.2) is 13.4 Å². The molecule has 2 nitrogen and oxygen atoms in total. The van der Waals surface area contributed by atoms with Crippen LogP contribution in [0.4, 0.5) is 4.39 Å². The molecule has 0 radical (unpaired) electrons. The van der Waals surface area contributed by atoms with Gasteiger partial charge in [0.25, 0.3) is 0 Å². The van der Waals surface area contributed by atoms with E-state index in [1.54, 1.807) is 18.2 Å². The van der Waals surface area contributed by atoms with E-state index in [4.69, 9.17) is 4.74 Å². The van der Waals surface area contributed by atoms with E-state index < -0.39 is 0 Å². The topological polar surface area (TPSA) is 26.3 Å². The molecule has 1 rings (SSSR count). The molecule has 0 aliphatic heterocycles. The maximum atomic E-state index is 13.6. The van der Waals surface area contributed by atoms with Crippen molar-refractivity contribution in [2.45, 2.75) is 19.3 Å². The Bertz CT molecular complexity index is 323. The molecule has 0 aliphatic rings. The third kappa shape index (κ3) is 2.10. The van der Waals surface area contributed by atoms with Crippen molar-refractivity contribution in [3.63, 3.8) is 0 Å². The normalized spacial score (nSPS) is 12.2. The summed E-state index contributed by atoms with van der Waals surface area (Å²) >= 11 is 0. The van der Waals surface area contributed by atoms with Crippen molar-refractivity contribution in [1.29, 1.82) is 0 Å². The lowest BCUT2D eigenvalue weighted by Crippen LogP contribution is -2.00. The molecule has 1 unspecified atom stereocenters. The summed E-state index contributed by atoms with van der Waals surface area (Å²) in [6.45, 7) is 1.81.